The van der Waals surface area contributed by atoms with Crippen molar-refractivity contribution in [2.75, 3.05) is 0 Å². The van der Waals surface area contributed by atoms with Gasteiger partial charge in [-0.25, -0.2) is 9.78 Å². The third-order valence-electron chi connectivity index (χ3n) is 5.06. The molecule has 0 aliphatic carbocycles. The van der Waals surface area contributed by atoms with E-state index in [0.717, 1.165) is 49.3 Å². The molecule has 1 aliphatic heterocycles. The molecule has 0 spiro atoms. The minimum absolute atomic E-state index is 0.0233. The van der Waals surface area contributed by atoms with E-state index in [1.165, 1.54) is 6.92 Å². The molecule has 0 atom stereocenters. The number of hydrogen-bond donors (Lipinski definition) is 0. The summed E-state index contributed by atoms with van der Waals surface area (Å²) in [4.78, 5) is 29.0. The number of fused-ring (bicyclic) bond motifs is 1. The van der Waals surface area contributed by atoms with Crippen LogP contribution < -0.4 is 4.74 Å². The van der Waals surface area contributed by atoms with Gasteiger partial charge < -0.3 is 9.30 Å². The predicted molar refractivity (Wildman–Crippen MR) is 107 cm³/mol. The van der Waals surface area contributed by atoms with Crippen LogP contribution >= 0.6 is 0 Å². The first kappa shape index (κ1) is 18.2. The molecule has 0 saturated heterocycles. The summed E-state index contributed by atoms with van der Waals surface area (Å²) in [5, 5.41) is 0. The van der Waals surface area contributed by atoms with Gasteiger partial charge in [0.2, 0.25) is 0 Å². The number of rotatable bonds is 4. The lowest BCUT2D eigenvalue weighted by molar-refractivity contribution is 0.0727. The molecule has 0 N–H and O–H groups in total. The fourth-order valence-electron chi connectivity index (χ4n) is 3.60. The quantitative estimate of drug-likeness (QED) is 0.377. The summed E-state index contributed by atoms with van der Waals surface area (Å²) in [6, 6.07) is 16.5. The number of imidazole rings is 1. The van der Waals surface area contributed by atoms with Gasteiger partial charge in [-0.15, -0.1) is 0 Å². The second-order valence-corrected chi connectivity index (χ2v) is 7.03. The maximum absolute atomic E-state index is 12.9. The van der Waals surface area contributed by atoms with Crippen LogP contribution in [0, 0.1) is 0 Å². The zero-order valence-corrected chi connectivity index (χ0v) is 15.9. The lowest BCUT2D eigenvalue weighted by Crippen LogP contribution is -2.13. The van der Waals surface area contributed by atoms with Crippen molar-refractivity contribution in [2.45, 2.75) is 39.2 Å². The second kappa shape index (κ2) is 7.80. The van der Waals surface area contributed by atoms with Crippen molar-refractivity contribution in [2.24, 2.45) is 0 Å². The maximum Gasteiger partial charge on any atom is 0.364 e. The number of carbonyl (C=O) groups is 2. The number of ether oxygens (including phenoxy) is 1. The average molecular weight is 374 g/mol. The predicted octanol–water partition coefficient (Wildman–Crippen LogP) is 4.70. The highest BCUT2D eigenvalue weighted by Crippen LogP contribution is 2.28. The van der Waals surface area contributed by atoms with Gasteiger partial charge in [0.1, 0.15) is 11.6 Å². The van der Waals surface area contributed by atoms with Crippen LogP contribution in [0.25, 0.3) is 11.4 Å². The Morgan fingerprint density at radius 2 is 1.71 bits per heavy atom. The SMILES string of the molecule is CC(=O)c1ccc(OC(=O)c2nc(-c3ccccc3)n3c2CCCCC3)cc1. The lowest BCUT2D eigenvalue weighted by atomic mass is 10.1. The molecule has 142 valence electrons. The van der Waals surface area contributed by atoms with Gasteiger partial charge in [-0.2, -0.15) is 0 Å². The number of hydrogen-bond acceptors (Lipinski definition) is 4. The fourth-order valence-corrected chi connectivity index (χ4v) is 3.60. The largest absolute Gasteiger partial charge is 0.422 e. The molecule has 5 heteroatoms. The molecule has 5 nitrogen and oxygen atoms in total. The number of aromatic nitrogens is 2. The zero-order valence-electron chi connectivity index (χ0n) is 15.9. The zero-order chi connectivity index (χ0) is 19.5. The summed E-state index contributed by atoms with van der Waals surface area (Å²) in [5.41, 5.74) is 2.91. The van der Waals surface area contributed by atoms with Crippen molar-refractivity contribution < 1.29 is 14.3 Å². The standard InChI is InChI=1S/C23H22N2O3/c1-16(26)17-11-13-19(14-12-17)28-23(27)21-20-10-6-3-7-15-25(20)22(24-21)18-8-4-2-5-9-18/h2,4-5,8-9,11-14H,3,6-7,10,15H2,1H3. The van der Waals surface area contributed by atoms with Crippen molar-refractivity contribution in [3.05, 3.63) is 71.5 Å². The highest BCUT2D eigenvalue weighted by atomic mass is 16.5. The molecule has 4 rings (SSSR count). The van der Waals surface area contributed by atoms with Crippen molar-refractivity contribution in [3.8, 4) is 17.1 Å². The molecule has 0 saturated carbocycles. The van der Waals surface area contributed by atoms with Crippen LogP contribution in [0.3, 0.4) is 0 Å². The molecule has 0 radical (unpaired) electrons. The number of nitrogens with zero attached hydrogens (tertiary/aromatic N) is 2. The Morgan fingerprint density at radius 3 is 2.43 bits per heavy atom. The number of benzene rings is 2. The Morgan fingerprint density at radius 1 is 0.964 bits per heavy atom. The van der Waals surface area contributed by atoms with E-state index in [1.54, 1.807) is 24.3 Å². The summed E-state index contributed by atoms with van der Waals surface area (Å²) in [6.45, 7) is 2.36. The van der Waals surface area contributed by atoms with Crippen LogP contribution in [-0.4, -0.2) is 21.3 Å². The van der Waals surface area contributed by atoms with E-state index in [2.05, 4.69) is 9.55 Å². The van der Waals surface area contributed by atoms with Crippen molar-refractivity contribution >= 4 is 11.8 Å². The molecular weight excluding hydrogens is 352 g/mol. The summed E-state index contributed by atoms with van der Waals surface area (Å²) < 4.78 is 7.73. The summed E-state index contributed by atoms with van der Waals surface area (Å²) in [7, 11) is 0. The van der Waals surface area contributed by atoms with Gasteiger partial charge in [0, 0.05) is 17.7 Å². The minimum atomic E-state index is -0.455. The van der Waals surface area contributed by atoms with Crippen molar-refractivity contribution in [1.29, 1.82) is 0 Å². The highest BCUT2D eigenvalue weighted by molar-refractivity contribution is 5.94. The molecule has 0 unspecified atom stereocenters. The topological polar surface area (TPSA) is 61.2 Å². The molecule has 0 fully saturated rings. The van der Waals surface area contributed by atoms with E-state index in [9.17, 15) is 9.59 Å². The molecule has 1 aliphatic rings. The first-order valence-corrected chi connectivity index (χ1v) is 9.61. The van der Waals surface area contributed by atoms with Gasteiger partial charge in [0.05, 0.1) is 5.69 Å². The van der Waals surface area contributed by atoms with Crippen LogP contribution in [0.1, 0.15) is 52.7 Å². The van der Waals surface area contributed by atoms with E-state index < -0.39 is 5.97 Å². The smallest absolute Gasteiger partial charge is 0.364 e. The fraction of sp³-hybridized carbons (Fsp3) is 0.261. The summed E-state index contributed by atoms with van der Waals surface area (Å²) in [6.07, 6.45) is 4.06. The number of esters is 1. The highest BCUT2D eigenvalue weighted by Gasteiger charge is 2.25. The van der Waals surface area contributed by atoms with Crippen LogP contribution in [0.4, 0.5) is 0 Å². The Labute approximate surface area is 164 Å². The maximum atomic E-state index is 12.9. The van der Waals surface area contributed by atoms with Gasteiger partial charge in [0.15, 0.2) is 11.5 Å². The van der Waals surface area contributed by atoms with E-state index in [-0.39, 0.29) is 5.78 Å². The van der Waals surface area contributed by atoms with Crippen LogP contribution in [0.15, 0.2) is 54.6 Å². The van der Waals surface area contributed by atoms with E-state index in [4.69, 9.17) is 4.74 Å². The third kappa shape index (κ3) is 3.60. The monoisotopic (exact) mass is 374 g/mol. The average Bonchev–Trinajstić information content (AvgIpc) is 2.90. The van der Waals surface area contributed by atoms with Crippen LogP contribution in [-0.2, 0) is 13.0 Å². The second-order valence-electron chi connectivity index (χ2n) is 7.03. The number of ketones is 1. The first-order valence-electron chi connectivity index (χ1n) is 9.61. The first-order chi connectivity index (χ1) is 13.6. The molecule has 28 heavy (non-hydrogen) atoms. The molecule has 2 heterocycles. The van der Waals surface area contributed by atoms with E-state index in [0.29, 0.717) is 17.0 Å². The van der Waals surface area contributed by atoms with Crippen LogP contribution in [0.5, 0.6) is 5.75 Å². The Kier molecular flexibility index (Phi) is 5.06. The molecule has 2 aromatic carbocycles. The Bertz CT molecular complexity index is 1000. The summed E-state index contributed by atoms with van der Waals surface area (Å²) >= 11 is 0. The minimum Gasteiger partial charge on any atom is -0.422 e. The summed E-state index contributed by atoms with van der Waals surface area (Å²) in [5.74, 6) is 0.746. The van der Waals surface area contributed by atoms with Gasteiger partial charge in [-0.1, -0.05) is 36.8 Å². The van der Waals surface area contributed by atoms with Crippen molar-refractivity contribution in [3.63, 3.8) is 0 Å². The molecule has 3 aromatic rings. The van der Waals surface area contributed by atoms with E-state index >= 15 is 0 Å². The van der Waals surface area contributed by atoms with E-state index in [1.807, 2.05) is 30.3 Å². The molecule has 1 aromatic heterocycles. The third-order valence-corrected chi connectivity index (χ3v) is 5.06. The van der Waals surface area contributed by atoms with Gasteiger partial charge in [-0.3, -0.25) is 4.79 Å². The number of Topliss-reactive ketones (excluding diaryl/α,β-unsaturated/α-hetero) is 1. The van der Waals surface area contributed by atoms with Gasteiger partial charge in [0.25, 0.3) is 0 Å². The van der Waals surface area contributed by atoms with Crippen molar-refractivity contribution in [1.82, 2.24) is 9.55 Å². The lowest BCUT2D eigenvalue weighted by Gasteiger charge is -2.09. The van der Waals surface area contributed by atoms with Crippen LogP contribution in [0.2, 0.25) is 0 Å². The van der Waals surface area contributed by atoms with Gasteiger partial charge in [-0.05, 0) is 50.5 Å². The molecule has 0 bridgehead atoms. The Hall–Kier alpha value is -3.21. The Balaban J connectivity index is 1.67. The molecular formula is C23H22N2O3. The normalized spacial score (nSPS) is 13.5. The van der Waals surface area contributed by atoms with Gasteiger partial charge >= 0.3 is 5.97 Å². The number of carbonyl (C=O) groups excluding carboxylic acids is 2. The molecule has 0 amide bonds.